The number of nitrogens with zero attached hydrogens (tertiary/aromatic N) is 1. The summed E-state index contributed by atoms with van der Waals surface area (Å²) in [5.41, 5.74) is 1.04. The van der Waals surface area contributed by atoms with Crippen molar-refractivity contribution in [3.8, 4) is 6.07 Å². The summed E-state index contributed by atoms with van der Waals surface area (Å²) in [6, 6.07) is 8.12. The Morgan fingerprint density at radius 3 is 2.23 bits per heavy atom. The first-order chi connectivity index (χ1) is 6.01. The predicted octanol–water partition coefficient (Wildman–Crippen LogP) is 2.76. The minimum absolute atomic E-state index is 0.279. The lowest BCUT2D eigenvalue weighted by molar-refractivity contribution is 0.0226. The van der Waals surface area contributed by atoms with Gasteiger partial charge in [0.05, 0.1) is 11.6 Å². The van der Waals surface area contributed by atoms with E-state index in [9.17, 15) is 8.78 Å². The van der Waals surface area contributed by atoms with Gasteiger partial charge in [0.2, 0.25) is 5.92 Å². The van der Waals surface area contributed by atoms with Gasteiger partial charge in [-0.15, -0.1) is 0 Å². The van der Waals surface area contributed by atoms with Gasteiger partial charge in [-0.05, 0) is 24.6 Å². The maximum Gasteiger partial charge on any atom is 0.249 e. The van der Waals surface area contributed by atoms with Crippen LogP contribution in [0.2, 0.25) is 0 Å². The van der Waals surface area contributed by atoms with E-state index in [1.165, 1.54) is 0 Å². The van der Waals surface area contributed by atoms with Gasteiger partial charge in [0.15, 0.2) is 0 Å². The highest BCUT2D eigenvalue weighted by Crippen LogP contribution is 2.18. The molecule has 1 aromatic carbocycles. The summed E-state index contributed by atoms with van der Waals surface area (Å²) in [5.74, 6) is -2.69. The van der Waals surface area contributed by atoms with Crippen molar-refractivity contribution in [2.75, 3.05) is 0 Å². The smallest absolute Gasteiger partial charge is 0.207 e. The van der Waals surface area contributed by atoms with Gasteiger partial charge >= 0.3 is 0 Å². The summed E-state index contributed by atoms with van der Waals surface area (Å²) >= 11 is 0. The fraction of sp³-hybridized carbons (Fsp3) is 0.300. The second-order valence-electron chi connectivity index (χ2n) is 3.06. The predicted molar refractivity (Wildman–Crippen MR) is 45.5 cm³/mol. The third kappa shape index (κ3) is 3.20. The van der Waals surface area contributed by atoms with Crippen molar-refractivity contribution in [2.24, 2.45) is 0 Å². The van der Waals surface area contributed by atoms with Gasteiger partial charge in [0, 0.05) is 6.42 Å². The zero-order valence-corrected chi connectivity index (χ0v) is 7.22. The lowest BCUT2D eigenvalue weighted by atomic mass is 10.1. The summed E-state index contributed by atoms with van der Waals surface area (Å²) in [6.07, 6.45) is -0.279. The van der Waals surface area contributed by atoms with Crippen molar-refractivity contribution < 1.29 is 8.78 Å². The summed E-state index contributed by atoms with van der Waals surface area (Å²) in [6.45, 7) is 0.880. The van der Waals surface area contributed by atoms with Gasteiger partial charge in [0.1, 0.15) is 0 Å². The average Bonchev–Trinajstić information content (AvgIpc) is 2.03. The highest BCUT2D eigenvalue weighted by molar-refractivity contribution is 5.31. The molecule has 68 valence electrons. The van der Waals surface area contributed by atoms with Crippen molar-refractivity contribution in [1.82, 2.24) is 0 Å². The van der Waals surface area contributed by atoms with Crippen LogP contribution < -0.4 is 0 Å². The topological polar surface area (TPSA) is 23.8 Å². The minimum Gasteiger partial charge on any atom is -0.207 e. The molecule has 0 heterocycles. The largest absolute Gasteiger partial charge is 0.249 e. The third-order valence-corrected chi connectivity index (χ3v) is 1.60. The number of benzene rings is 1. The maximum absolute atomic E-state index is 12.5. The Bertz CT molecular complexity index is 316. The van der Waals surface area contributed by atoms with Crippen molar-refractivity contribution >= 4 is 0 Å². The molecular formula is C10H9F2N. The van der Waals surface area contributed by atoms with Crippen LogP contribution in [0.5, 0.6) is 0 Å². The van der Waals surface area contributed by atoms with E-state index in [2.05, 4.69) is 0 Å². The van der Waals surface area contributed by atoms with Crippen LogP contribution in [-0.2, 0) is 6.42 Å². The summed E-state index contributed by atoms with van der Waals surface area (Å²) < 4.78 is 25.1. The molecule has 0 bridgehead atoms. The van der Waals surface area contributed by atoms with Crippen molar-refractivity contribution in [1.29, 1.82) is 5.26 Å². The lowest BCUT2D eigenvalue weighted by Gasteiger charge is -2.09. The Morgan fingerprint density at radius 1 is 1.31 bits per heavy atom. The number of alkyl halides is 2. The Morgan fingerprint density at radius 2 is 1.85 bits per heavy atom. The van der Waals surface area contributed by atoms with Gasteiger partial charge in [0.25, 0.3) is 0 Å². The Hall–Kier alpha value is -1.43. The number of nitriles is 1. The molecule has 0 N–H and O–H groups in total. The second kappa shape index (κ2) is 3.53. The van der Waals surface area contributed by atoms with E-state index in [0.29, 0.717) is 11.1 Å². The zero-order chi connectivity index (χ0) is 9.90. The Labute approximate surface area is 75.6 Å². The normalized spacial score (nSPS) is 10.9. The minimum atomic E-state index is -2.69. The molecule has 0 saturated carbocycles. The highest BCUT2D eigenvalue weighted by atomic mass is 19.3. The van der Waals surface area contributed by atoms with Crippen LogP contribution in [0.4, 0.5) is 8.78 Å². The lowest BCUT2D eigenvalue weighted by Crippen LogP contribution is -2.13. The molecule has 1 aromatic rings. The highest BCUT2D eigenvalue weighted by Gasteiger charge is 2.21. The monoisotopic (exact) mass is 181 g/mol. The van der Waals surface area contributed by atoms with E-state index >= 15 is 0 Å². The first kappa shape index (κ1) is 9.66. The molecule has 1 rings (SSSR count). The van der Waals surface area contributed by atoms with Crippen molar-refractivity contribution in [3.63, 3.8) is 0 Å². The molecule has 1 nitrogen and oxygen atoms in total. The summed E-state index contributed by atoms with van der Waals surface area (Å²) in [4.78, 5) is 0. The van der Waals surface area contributed by atoms with Crippen LogP contribution in [0.3, 0.4) is 0 Å². The van der Waals surface area contributed by atoms with E-state index < -0.39 is 5.92 Å². The maximum atomic E-state index is 12.5. The Kier molecular flexibility index (Phi) is 2.62. The molecule has 0 fully saturated rings. The number of hydrogen-bond acceptors (Lipinski definition) is 1. The molecule has 0 amide bonds. The summed E-state index contributed by atoms with van der Waals surface area (Å²) in [7, 11) is 0. The fourth-order valence-corrected chi connectivity index (χ4v) is 1.06. The van der Waals surface area contributed by atoms with Crippen LogP contribution in [-0.4, -0.2) is 5.92 Å². The quantitative estimate of drug-likeness (QED) is 0.688. The molecule has 0 saturated heterocycles. The fourth-order valence-electron chi connectivity index (χ4n) is 1.06. The van der Waals surface area contributed by atoms with Gasteiger partial charge in [-0.3, -0.25) is 0 Å². The van der Waals surface area contributed by atoms with Gasteiger partial charge < -0.3 is 0 Å². The number of hydrogen-bond donors (Lipinski definition) is 0. The molecule has 0 unspecified atom stereocenters. The molecule has 0 aliphatic carbocycles. The molecular weight excluding hydrogens is 172 g/mol. The van der Waals surface area contributed by atoms with Crippen LogP contribution in [0.25, 0.3) is 0 Å². The SMILES string of the molecule is CC(F)(F)Cc1ccc(C#N)cc1. The molecule has 0 atom stereocenters. The van der Waals surface area contributed by atoms with Gasteiger partial charge in [-0.1, -0.05) is 12.1 Å². The van der Waals surface area contributed by atoms with E-state index in [1.54, 1.807) is 24.3 Å². The molecule has 3 heteroatoms. The summed E-state index contributed by atoms with van der Waals surface area (Å²) in [5, 5.41) is 8.46. The first-order valence-corrected chi connectivity index (χ1v) is 3.88. The molecule has 0 aliphatic rings. The molecule has 0 aromatic heterocycles. The number of halogens is 2. The van der Waals surface area contributed by atoms with Crippen LogP contribution >= 0.6 is 0 Å². The second-order valence-corrected chi connectivity index (χ2v) is 3.06. The standard InChI is InChI=1S/C10H9F2N/c1-10(11,12)6-8-2-4-9(7-13)5-3-8/h2-5H,6H2,1H3. The molecule has 0 spiro atoms. The van der Waals surface area contributed by atoms with Crippen molar-refractivity contribution in [2.45, 2.75) is 19.3 Å². The van der Waals surface area contributed by atoms with E-state index in [4.69, 9.17) is 5.26 Å². The molecule has 13 heavy (non-hydrogen) atoms. The van der Waals surface area contributed by atoms with Crippen LogP contribution in [0.1, 0.15) is 18.1 Å². The van der Waals surface area contributed by atoms with E-state index in [0.717, 1.165) is 6.92 Å². The molecule has 0 radical (unpaired) electrons. The van der Waals surface area contributed by atoms with E-state index in [-0.39, 0.29) is 6.42 Å². The van der Waals surface area contributed by atoms with Gasteiger partial charge in [-0.2, -0.15) is 5.26 Å². The molecule has 0 aliphatic heterocycles. The average molecular weight is 181 g/mol. The van der Waals surface area contributed by atoms with Crippen LogP contribution in [0.15, 0.2) is 24.3 Å². The number of rotatable bonds is 2. The first-order valence-electron chi connectivity index (χ1n) is 3.88. The Balaban J connectivity index is 2.77. The van der Waals surface area contributed by atoms with Crippen LogP contribution in [0, 0.1) is 11.3 Å². The van der Waals surface area contributed by atoms with E-state index in [1.807, 2.05) is 6.07 Å². The van der Waals surface area contributed by atoms with Gasteiger partial charge in [-0.25, -0.2) is 8.78 Å². The zero-order valence-electron chi connectivity index (χ0n) is 7.22. The van der Waals surface area contributed by atoms with Crippen molar-refractivity contribution in [3.05, 3.63) is 35.4 Å². The third-order valence-electron chi connectivity index (χ3n) is 1.60.